The Hall–Kier alpha value is -0.710. The Morgan fingerprint density at radius 1 is 1.29 bits per heavy atom. The van der Waals surface area contributed by atoms with Gasteiger partial charge < -0.3 is 20.1 Å². The number of nitrogens with zero attached hydrogens (tertiary/aromatic N) is 2. The van der Waals surface area contributed by atoms with Crippen LogP contribution in [0.25, 0.3) is 0 Å². The average Bonchev–Trinajstić information content (AvgIpc) is 3.49. The molecule has 1 unspecified atom stereocenters. The number of hydrogen-bond acceptors (Lipinski definition) is 5. The van der Waals surface area contributed by atoms with E-state index in [1.807, 2.05) is 7.05 Å². The lowest BCUT2D eigenvalue weighted by Crippen LogP contribution is -2.60. The van der Waals surface area contributed by atoms with Gasteiger partial charge in [-0.2, -0.15) is 11.8 Å². The molecule has 0 radical (unpaired) electrons. The maximum atomic E-state index is 6.12. The van der Waals surface area contributed by atoms with Crippen molar-refractivity contribution in [2.75, 3.05) is 58.0 Å². The minimum atomic E-state index is 0. The predicted octanol–water partition coefficient (Wildman–Crippen LogP) is 3.27. The summed E-state index contributed by atoms with van der Waals surface area (Å²) in [4.78, 5) is 7.10. The number of nitrogens with one attached hydrogen (secondary N) is 2. The fourth-order valence-electron chi connectivity index (χ4n) is 4.22. The van der Waals surface area contributed by atoms with Crippen LogP contribution < -0.4 is 15.4 Å². The third-order valence-electron chi connectivity index (χ3n) is 6.41. The molecule has 2 heterocycles. The largest absolute Gasteiger partial charge is 0.493 e. The van der Waals surface area contributed by atoms with Crippen LogP contribution in [0.5, 0.6) is 5.75 Å². The van der Waals surface area contributed by atoms with Crippen LogP contribution >= 0.6 is 35.7 Å². The molecule has 3 aliphatic rings. The molecule has 0 spiro atoms. The number of thioether (sulfide) groups is 1. The van der Waals surface area contributed by atoms with E-state index < -0.39 is 0 Å². The van der Waals surface area contributed by atoms with E-state index in [4.69, 9.17) is 9.47 Å². The van der Waals surface area contributed by atoms with E-state index in [2.05, 4.69) is 57.4 Å². The molecule has 2 aliphatic heterocycles. The van der Waals surface area contributed by atoms with Gasteiger partial charge in [0.2, 0.25) is 0 Å². The molecular weight excluding hydrogens is 523 g/mol. The SMILES string of the molecule is CN=C(NCc1ccc(C)cc1OCC1CC1)NCC1(N2CCOCC2)CCSC1.I. The Balaban J connectivity index is 0.00000272. The molecule has 1 aromatic carbocycles. The van der Waals surface area contributed by atoms with Gasteiger partial charge in [-0.1, -0.05) is 12.1 Å². The van der Waals surface area contributed by atoms with E-state index in [1.165, 1.54) is 41.9 Å². The Morgan fingerprint density at radius 3 is 2.77 bits per heavy atom. The number of morpholine rings is 1. The molecule has 3 fully saturated rings. The monoisotopic (exact) mass is 560 g/mol. The molecule has 1 atom stereocenters. The van der Waals surface area contributed by atoms with Gasteiger partial charge in [0, 0.05) is 50.1 Å². The van der Waals surface area contributed by atoms with Crippen LogP contribution in [-0.2, 0) is 11.3 Å². The second kappa shape index (κ2) is 12.0. The van der Waals surface area contributed by atoms with E-state index in [9.17, 15) is 0 Å². The normalized spacial score (nSPS) is 24.5. The van der Waals surface area contributed by atoms with E-state index in [-0.39, 0.29) is 29.5 Å². The van der Waals surface area contributed by atoms with Gasteiger partial charge in [0.1, 0.15) is 5.75 Å². The van der Waals surface area contributed by atoms with Crippen molar-refractivity contribution >= 4 is 41.7 Å². The van der Waals surface area contributed by atoms with Gasteiger partial charge in [0.05, 0.1) is 19.8 Å². The molecule has 0 bridgehead atoms. The Bertz CT molecular complexity index is 732. The number of aryl methyl sites for hydroxylation is 1. The minimum absolute atomic E-state index is 0. The molecule has 31 heavy (non-hydrogen) atoms. The zero-order valence-electron chi connectivity index (χ0n) is 18.8. The van der Waals surface area contributed by atoms with E-state index in [0.29, 0.717) is 6.54 Å². The van der Waals surface area contributed by atoms with Crippen LogP contribution in [-0.4, -0.2) is 74.4 Å². The zero-order valence-corrected chi connectivity index (χ0v) is 22.0. The number of halogens is 1. The molecule has 4 rings (SSSR count). The topological polar surface area (TPSA) is 58.1 Å². The first kappa shape index (κ1) is 24.9. The summed E-state index contributed by atoms with van der Waals surface area (Å²) >= 11 is 2.06. The first-order valence-corrected chi connectivity index (χ1v) is 12.4. The molecule has 0 amide bonds. The van der Waals surface area contributed by atoms with Gasteiger partial charge in [0.25, 0.3) is 0 Å². The quantitative estimate of drug-likeness (QED) is 0.289. The Morgan fingerprint density at radius 2 is 2.10 bits per heavy atom. The van der Waals surface area contributed by atoms with Crippen molar-refractivity contribution < 1.29 is 9.47 Å². The van der Waals surface area contributed by atoms with Crippen LogP contribution in [0.4, 0.5) is 0 Å². The van der Waals surface area contributed by atoms with Gasteiger partial charge in [-0.15, -0.1) is 24.0 Å². The fourth-order valence-corrected chi connectivity index (χ4v) is 5.69. The van der Waals surface area contributed by atoms with Crippen molar-refractivity contribution in [1.82, 2.24) is 15.5 Å². The first-order chi connectivity index (χ1) is 14.7. The summed E-state index contributed by atoms with van der Waals surface area (Å²) in [6.45, 7) is 8.32. The highest BCUT2D eigenvalue weighted by atomic mass is 127. The summed E-state index contributed by atoms with van der Waals surface area (Å²) in [5.41, 5.74) is 2.62. The number of guanidine groups is 1. The van der Waals surface area contributed by atoms with E-state index in [0.717, 1.165) is 57.1 Å². The predicted molar refractivity (Wildman–Crippen MR) is 140 cm³/mol. The van der Waals surface area contributed by atoms with Crippen LogP contribution in [0.1, 0.15) is 30.4 Å². The summed E-state index contributed by atoms with van der Waals surface area (Å²) in [5.74, 6) is 5.01. The number of benzene rings is 1. The second-order valence-corrected chi connectivity index (χ2v) is 9.88. The third kappa shape index (κ3) is 6.88. The molecule has 2 saturated heterocycles. The summed E-state index contributed by atoms with van der Waals surface area (Å²) < 4.78 is 11.7. The van der Waals surface area contributed by atoms with Crippen molar-refractivity contribution in [3.05, 3.63) is 29.3 Å². The number of ether oxygens (including phenoxy) is 2. The third-order valence-corrected chi connectivity index (χ3v) is 7.65. The standard InChI is InChI=1S/C23H36N4O2S.HI/c1-18-3-6-20(21(13-18)29-15-19-4-5-19)14-25-22(24-2)26-16-23(7-12-30-17-23)27-8-10-28-11-9-27;/h3,6,13,19H,4-5,7-12,14-17H2,1-2H3,(H2,24,25,26);1H. The van der Waals surface area contributed by atoms with E-state index in [1.54, 1.807) is 0 Å². The maximum Gasteiger partial charge on any atom is 0.191 e. The molecule has 6 nitrogen and oxygen atoms in total. The zero-order chi connectivity index (χ0) is 20.8. The average molecular weight is 561 g/mol. The summed E-state index contributed by atoms with van der Waals surface area (Å²) in [5, 5.41) is 7.11. The van der Waals surface area contributed by atoms with Crippen molar-refractivity contribution in [2.45, 2.75) is 38.3 Å². The van der Waals surface area contributed by atoms with Gasteiger partial charge in [0.15, 0.2) is 5.96 Å². The van der Waals surface area contributed by atoms with E-state index >= 15 is 0 Å². The highest BCUT2D eigenvalue weighted by Gasteiger charge is 2.40. The number of aliphatic imine (C=N–C) groups is 1. The van der Waals surface area contributed by atoms with Crippen molar-refractivity contribution in [2.24, 2.45) is 10.9 Å². The van der Waals surface area contributed by atoms with Crippen LogP contribution in [0, 0.1) is 12.8 Å². The molecule has 2 N–H and O–H groups in total. The second-order valence-electron chi connectivity index (χ2n) is 8.77. The number of hydrogen-bond donors (Lipinski definition) is 2. The van der Waals surface area contributed by atoms with Gasteiger partial charge in [-0.05, 0) is 49.5 Å². The molecule has 1 aliphatic carbocycles. The maximum absolute atomic E-state index is 6.12. The van der Waals surface area contributed by atoms with Crippen molar-refractivity contribution in [3.8, 4) is 5.75 Å². The number of rotatable bonds is 8. The highest BCUT2D eigenvalue weighted by Crippen LogP contribution is 2.34. The Kier molecular flexibility index (Phi) is 9.61. The van der Waals surface area contributed by atoms with Gasteiger partial charge >= 0.3 is 0 Å². The fraction of sp³-hybridized carbons (Fsp3) is 0.696. The molecule has 8 heteroatoms. The minimum Gasteiger partial charge on any atom is -0.493 e. The van der Waals surface area contributed by atoms with Crippen LogP contribution in [0.3, 0.4) is 0 Å². The van der Waals surface area contributed by atoms with Gasteiger partial charge in [-0.25, -0.2) is 0 Å². The summed E-state index contributed by atoms with van der Waals surface area (Å²) in [6, 6.07) is 6.47. The molecule has 1 saturated carbocycles. The lowest BCUT2D eigenvalue weighted by atomic mass is 9.95. The van der Waals surface area contributed by atoms with Crippen LogP contribution in [0.2, 0.25) is 0 Å². The van der Waals surface area contributed by atoms with Gasteiger partial charge in [-0.3, -0.25) is 9.89 Å². The lowest BCUT2D eigenvalue weighted by Gasteiger charge is -2.43. The van der Waals surface area contributed by atoms with Crippen LogP contribution in [0.15, 0.2) is 23.2 Å². The van der Waals surface area contributed by atoms with Crippen molar-refractivity contribution in [3.63, 3.8) is 0 Å². The lowest BCUT2D eigenvalue weighted by molar-refractivity contribution is -0.0120. The molecule has 174 valence electrons. The summed E-state index contributed by atoms with van der Waals surface area (Å²) in [7, 11) is 1.85. The molecular formula is C23H37IN4O2S. The highest BCUT2D eigenvalue weighted by molar-refractivity contribution is 14.0. The molecule has 0 aromatic heterocycles. The molecule has 1 aromatic rings. The first-order valence-electron chi connectivity index (χ1n) is 11.3. The smallest absolute Gasteiger partial charge is 0.191 e. The van der Waals surface area contributed by atoms with Crippen molar-refractivity contribution in [1.29, 1.82) is 0 Å². The Labute approximate surface area is 208 Å². The summed E-state index contributed by atoms with van der Waals surface area (Å²) in [6.07, 6.45) is 3.83.